The van der Waals surface area contributed by atoms with Gasteiger partial charge in [0.05, 0.1) is 28.3 Å². The molecule has 15 nitrogen and oxygen atoms in total. The SMILES string of the molecule is CCOC(=O)c1cc(C)nn1CCCCCc1c(C)nn(CC)c1C(=O)/N=c1\sc2cc(C(N)=O)cnc2n1CCCCNC(=O)OC(C)(C)C. The Kier molecular flexibility index (Phi) is 13.3. The Labute approximate surface area is 301 Å². The summed E-state index contributed by atoms with van der Waals surface area (Å²) in [7, 11) is 0. The first-order valence-corrected chi connectivity index (χ1v) is 18.2. The zero-order valence-corrected chi connectivity index (χ0v) is 31.4. The van der Waals surface area contributed by atoms with Gasteiger partial charge in [-0.3, -0.25) is 19.0 Å². The number of carbonyl (C=O) groups excluding carboxylic acids is 4. The highest BCUT2D eigenvalue weighted by molar-refractivity contribution is 7.16. The van der Waals surface area contributed by atoms with Gasteiger partial charge in [-0.2, -0.15) is 15.2 Å². The molecule has 0 saturated heterocycles. The molecule has 0 aliphatic rings. The fraction of sp³-hybridized carbons (Fsp3) is 0.543. The number of nitrogens with one attached hydrogen (secondary N) is 1. The monoisotopic (exact) mass is 723 g/mol. The Morgan fingerprint density at radius 3 is 2.41 bits per heavy atom. The summed E-state index contributed by atoms with van der Waals surface area (Å²) in [6.07, 6.45) is 5.30. The van der Waals surface area contributed by atoms with Gasteiger partial charge in [-0.1, -0.05) is 17.8 Å². The number of nitrogens with zero attached hydrogens (tertiary/aromatic N) is 7. The number of esters is 1. The molecule has 0 saturated carbocycles. The first kappa shape index (κ1) is 38.9. The molecule has 3 N–H and O–H groups in total. The number of carbonyl (C=O) groups is 4. The minimum Gasteiger partial charge on any atom is -0.461 e. The number of pyridine rings is 1. The number of aryl methyl sites for hydroxylation is 5. The normalized spacial score (nSPS) is 12.0. The lowest BCUT2D eigenvalue weighted by atomic mass is 10.0. The van der Waals surface area contributed by atoms with Crippen LogP contribution in [-0.2, 0) is 35.5 Å². The smallest absolute Gasteiger partial charge is 0.407 e. The van der Waals surface area contributed by atoms with E-state index in [2.05, 4.69) is 25.5 Å². The number of aromatic nitrogens is 6. The zero-order valence-electron chi connectivity index (χ0n) is 30.6. The summed E-state index contributed by atoms with van der Waals surface area (Å²) < 4.78 is 16.4. The molecule has 0 aromatic carbocycles. The topological polar surface area (TPSA) is 191 Å². The van der Waals surface area contributed by atoms with E-state index in [9.17, 15) is 19.2 Å². The van der Waals surface area contributed by atoms with Crippen LogP contribution in [0.15, 0.2) is 23.3 Å². The number of hydrogen-bond donors (Lipinski definition) is 2. The molecule has 0 aliphatic carbocycles. The summed E-state index contributed by atoms with van der Waals surface area (Å²) in [5.74, 6) is -1.40. The van der Waals surface area contributed by atoms with Crippen molar-refractivity contribution in [1.29, 1.82) is 0 Å². The summed E-state index contributed by atoms with van der Waals surface area (Å²) in [4.78, 5) is 59.8. The maximum atomic E-state index is 14.0. The van der Waals surface area contributed by atoms with Crippen LogP contribution in [-0.4, -0.2) is 71.7 Å². The molecule has 0 aliphatic heterocycles. The van der Waals surface area contributed by atoms with E-state index < -0.39 is 23.5 Å². The minimum absolute atomic E-state index is 0.261. The number of primary amides is 1. The Bertz CT molecular complexity index is 1950. The van der Waals surface area contributed by atoms with Crippen molar-refractivity contribution >= 4 is 45.6 Å². The lowest BCUT2D eigenvalue weighted by Gasteiger charge is -2.19. The molecule has 0 fully saturated rings. The van der Waals surface area contributed by atoms with Gasteiger partial charge in [0.1, 0.15) is 17.0 Å². The first-order chi connectivity index (χ1) is 24.2. The van der Waals surface area contributed by atoms with Crippen LogP contribution in [0.2, 0.25) is 0 Å². The van der Waals surface area contributed by atoms with E-state index >= 15 is 0 Å². The molecule has 16 heteroatoms. The Morgan fingerprint density at radius 1 is 0.980 bits per heavy atom. The third-order valence-electron chi connectivity index (χ3n) is 7.92. The second kappa shape index (κ2) is 17.4. The summed E-state index contributed by atoms with van der Waals surface area (Å²) in [5.41, 5.74) is 9.04. The largest absolute Gasteiger partial charge is 0.461 e. The van der Waals surface area contributed by atoms with E-state index in [4.69, 9.17) is 15.2 Å². The quantitative estimate of drug-likeness (QED) is 0.120. The minimum atomic E-state index is -0.599. The van der Waals surface area contributed by atoms with Gasteiger partial charge in [-0.25, -0.2) is 14.6 Å². The molecule has 4 rings (SSSR count). The van der Waals surface area contributed by atoms with Crippen LogP contribution in [0.4, 0.5) is 4.79 Å². The van der Waals surface area contributed by atoms with Crippen molar-refractivity contribution in [2.75, 3.05) is 13.2 Å². The average molecular weight is 724 g/mol. The van der Waals surface area contributed by atoms with Gasteiger partial charge in [0.15, 0.2) is 10.4 Å². The fourth-order valence-electron chi connectivity index (χ4n) is 5.63. The lowest BCUT2D eigenvalue weighted by molar-refractivity contribution is 0.0506. The van der Waals surface area contributed by atoms with Gasteiger partial charge in [0, 0.05) is 37.9 Å². The van der Waals surface area contributed by atoms with E-state index in [0.29, 0.717) is 78.6 Å². The predicted molar refractivity (Wildman–Crippen MR) is 193 cm³/mol. The Hall–Kier alpha value is -4.86. The summed E-state index contributed by atoms with van der Waals surface area (Å²) >= 11 is 1.25. The number of rotatable bonds is 16. The van der Waals surface area contributed by atoms with Gasteiger partial charge in [0.2, 0.25) is 5.91 Å². The molecule has 3 amide bonds. The predicted octanol–water partition coefficient (Wildman–Crippen LogP) is 4.86. The van der Waals surface area contributed by atoms with Gasteiger partial charge in [-0.15, -0.1) is 0 Å². The van der Waals surface area contributed by atoms with E-state index in [1.54, 1.807) is 49.2 Å². The van der Waals surface area contributed by atoms with E-state index in [0.717, 1.165) is 36.2 Å². The number of thiazole rings is 1. The molecule has 0 spiro atoms. The summed E-state index contributed by atoms with van der Waals surface area (Å²) in [6.45, 7) is 15.1. The number of hydrogen-bond acceptors (Lipinski definition) is 10. The van der Waals surface area contributed by atoms with Crippen molar-refractivity contribution in [2.24, 2.45) is 10.7 Å². The second-order valence-electron chi connectivity index (χ2n) is 13.2. The van der Waals surface area contributed by atoms with Gasteiger partial charge in [-0.05, 0) is 92.7 Å². The second-order valence-corrected chi connectivity index (χ2v) is 14.2. The number of unbranched alkanes of at least 4 members (excludes halogenated alkanes) is 3. The van der Waals surface area contributed by atoms with Crippen LogP contribution in [0.5, 0.6) is 0 Å². The van der Waals surface area contributed by atoms with Crippen LogP contribution >= 0.6 is 11.3 Å². The molecule has 0 bridgehead atoms. The molecule has 4 aromatic rings. The molecule has 51 heavy (non-hydrogen) atoms. The zero-order chi connectivity index (χ0) is 37.3. The number of fused-ring (bicyclic) bond motifs is 1. The van der Waals surface area contributed by atoms with Crippen LogP contribution in [0.1, 0.15) is 115 Å². The maximum absolute atomic E-state index is 14.0. The maximum Gasteiger partial charge on any atom is 0.407 e. The summed E-state index contributed by atoms with van der Waals surface area (Å²) in [5, 5.41) is 11.9. The molecule has 4 heterocycles. The number of nitrogens with two attached hydrogens (primary N) is 1. The highest BCUT2D eigenvalue weighted by Crippen LogP contribution is 2.21. The Morgan fingerprint density at radius 2 is 1.73 bits per heavy atom. The number of alkyl carbamates (subject to hydrolysis) is 1. The van der Waals surface area contributed by atoms with E-state index in [-0.39, 0.29) is 11.5 Å². The highest BCUT2D eigenvalue weighted by Gasteiger charge is 2.22. The van der Waals surface area contributed by atoms with Crippen molar-refractivity contribution < 1.29 is 28.7 Å². The van der Waals surface area contributed by atoms with E-state index in [1.807, 2.05) is 25.3 Å². The van der Waals surface area contributed by atoms with Crippen LogP contribution in [0.3, 0.4) is 0 Å². The first-order valence-electron chi connectivity index (χ1n) is 17.3. The highest BCUT2D eigenvalue weighted by atomic mass is 32.1. The van der Waals surface area contributed by atoms with Crippen molar-refractivity contribution in [1.82, 2.24) is 34.4 Å². The van der Waals surface area contributed by atoms with Crippen molar-refractivity contribution in [3.05, 3.63) is 57.0 Å². The molecule has 0 unspecified atom stereocenters. The third kappa shape index (κ3) is 10.3. The van der Waals surface area contributed by atoms with Crippen LogP contribution in [0, 0.1) is 13.8 Å². The van der Waals surface area contributed by atoms with Crippen LogP contribution in [0.25, 0.3) is 10.3 Å². The molecule has 4 aromatic heterocycles. The number of amides is 3. The fourth-order valence-corrected chi connectivity index (χ4v) is 6.68. The van der Waals surface area contributed by atoms with Crippen molar-refractivity contribution in [2.45, 2.75) is 112 Å². The third-order valence-corrected chi connectivity index (χ3v) is 8.93. The van der Waals surface area contributed by atoms with Gasteiger partial charge < -0.3 is 25.1 Å². The van der Waals surface area contributed by atoms with Crippen molar-refractivity contribution in [3.63, 3.8) is 0 Å². The van der Waals surface area contributed by atoms with E-state index in [1.165, 1.54) is 17.5 Å². The standard InChI is InChI=1S/C35H49N9O6S/c1-8-43-28(25(23(4)41-43)15-11-10-13-18-44-26(19-22(3)40-44)32(47)49-9-2)31(46)39-33-42(17-14-12-16-37-34(48)50-35(5,6)7)30-27(51-33)20-24(21-38-30)29(36)45/h19-21H,8-18H2,1-7H3,(H2,36,45)(H,37,48)/b39-33-. The van der Waals surface area contributed by atoms with Crippen LogP contribution < -0.4 is 15.9 Å². The summed E-state index contributed by atoms with van der Waals surface area (Å²) in [6, 6.07) is 3.39. The lowest BCUT2D eigenvalue weighted by Crippen LogP contribution is -2.33. The molecule has 0 radical (unpaired) electrons. The molecule has 0 atom stereocenters. The van der Waals surface area contributed by atoms with Gasteiger partial charge >= 0.3 is 12.1 Å². The van der Waals surface area contributed by atoms with Gasteiger partial charge in [0.25, 0.3) is 5.91 Å². The molecule has 276 valence electrons. The Balaban J connectivity index is 1.51. The number of ether oxygens (including phenoxy) is 2. The average Bonchev–Trinajstić information content (AvgIpc) is 3.71. The molecular weight excluding hydrogens is 675 g/mol. The van der Waals surface area contributed by atoms with Crippen molar-refractivity contribution in [3.8, 4) is 0 Å². The molecular formula is C35H49N9O6S.